The fourth-order valence-corrected chi connectivity index (χ4v) is 1.70. The molecule has 0 aliphatic heterocycles. The average molecular weight is 249 g/mol. The van der Waals surface area contributed by atoms with Crippen LogP contribution < -0.4 is 10.5 Å². The van der Waals surface area contributed by atoms with Gasteiger partial charge in [0.15, 0.2) is 0 Å². The Labute approximate surface area is 105 Å². The molecule has 0 bridgehead atoms. The van der Waals surface area contributed by atoms with E-state index >= 15 is 0 Å². The smallest absolute Gasteiger partial charge is 0.137 e. The molecule has 1 unspecified atom stereocenters. The molecule has 0 fully saturated rings. The summed E-state index contributed by atoms with van der Waals surface area (Å²) >= 11 is 5.89. The van der Waals surface area contributed by atoms with Crippen LogP contribution in [0.15, 0.2) is 48.8 Å². The summed E-state index contributed by atoms with van der Waals surface area (Å²) in [5.74, 6) is 0.705. The van der Waals surface area contributed by atoms with E-state index in [1.165, 1.54) is 0 Å². The molecule has 17 heavy (non-hydrogen) atoms. The fraction of sp³-hybridized carbons (Fsp3) is 0.154. The molecule has 1 aromatic carbocycles. The topological polar surface area (TPSA) is 48.1 Å². The third-order valence-corrected chi connectivity index (χ3v) is 2.58. The van der Waals surface area contributed by atoms with Gasteiger partial charge < -0.3 is 10.5 Å². The second-order valence-electron chi connectivity index (χ2n) is 3.59. The van der Waals surface area contributed by atoms with E-state index in [0.29, 0.717) is 17.3 Å². The molecule has 0 aliphatic rings. The Morgan fingerprint density at radius 3 is 2.82 bits per heavy atom. The van der Waals surface area contributed by atoms with E-state index in [1.807, 2.05) is 24.3 Å². The first kappa shape index (κ1) is 11.9. The van der Waals surface area contributed by atoms with Crippen LogP contribution in [0, 0.1) is 0 Å². The summed E-state index contributed by atoms with van der Waals surface area (Å²) in [5, 5.41) is 0.643. The molecule has 0 saturated carbocycles. The number of benzene rings is 1. The van der Waals surface area contributed by atoms with E-state index in [0.717, 1.165) is 5.56 Å². The van der Waals surface area contributed by atoms with E-state index in [4.69, 9.17) is 22.1 Å². The van der Waals surface area contributed by atoms with Gasteiger partial charge in [-0.25, -0.2) is 0 Å². The van der Waals surface area contributed by atoms with Crippen molar-refractivity contribution in [3.8, 4) is 5.75 Å². The van der Waals surface area contributed by atoms with E-state index in [2.05, 4.69) is 4.98 Å². The number of ether oxygens (including phenoxy) is 1. The minimum Gasteiger partial charge on any atom is -0.484 e. The van der Waals surface area contributed by atoms with Gasteiger partial charge in [-0.2, -0.15) is 0 Å². The van der Waals surface area contributed by atoms with Gasteiger partial charge in [-0.3, -0.25) is 4.98 Å². The van der Waals surface area contributed by atoms with Crippen molar-refractivity contribution < 1.29 is 4.74 Å². The van der Waals surface area contributed by atoms with Gasteiger partial charge in [0.1, 0.15) is 11.9 Å². The van der Waals surface area contributed by atoms with Crippen molar-refractivity contribution >= 4 is 11.6 Å². The maximum absolute atomic E-state index is 5.89. The van der Waals surface area contributed by atoms with Gasteiger partial charge in [0.2, 0.25) is 0 Å². The Bertz CT molecular complexity index is 476. The highest BCUT2D eigenvalue weighted by molar-refractivity contribution is 6.30. The molecule has 2 N–H and O–H groups in total. The average Bonchev–Trinajstić information content (AvgIpc) is 2.37. The number of hydrogen-bond acceptors (Lipinski definition) is 3. The molecule has 1 aromatic heterocycles. The van der Waals surface area contributed by atoms with E-state index < -0.39 is 0 Å². The minimum absolute atomic E-state index is 0.206. The largest absolute Gasteiger partial charge is 0.484 e. The van der Waals surface area contributed by atoms with E-state index in [1.54, 1.807) is 24.5 Å². The van der Waals surface area contributed by atoms with Gasteiger partial charge in [0, 0.05) is 29.5 Å². The van der Waals surface area contributed by atoms with Gasteiger partial charge in [0.05, 0.1) is 0 Å². The molecule has 3 nitrogen and oxygen atoms in total. The van der Waals surface area contributed by atoms with Crippen molar-refractivity contribution in [2.45, 2.75) is 6.10 Å². The minimum atomic E-state index is -0.206. The molecule has 1 atom stereocenters. The summed E-state index contributed by atoms with van der Waals surface area (Å²) in [7, 11) is 0. The van der Waals surface area contributed by atoms with Crippen LogP contribution >= 0.6 is 11.6 Å². The Balaban J connectivity index is 2.16. The molecule has 4 heteroatoms. The quantitative estimate of drug-likeness (QED) is 0.905. The van der Waals surface area contributed by atoms with Gasteiger partial charge >= 0.3 is 0 Å². The SMILES string of the molecule is NCC(Oc1cccc(Cl)c1)c1cccnc1. The van der Waals surface area contributed by atoms with Crippen molar-refractivity contribution in [1.29, 1.82) is 0 Å². The normalized spacial score (nSPS) is 12.1. The maximum Gasteiger partial charge on any atom is 0.137 e. The van der Waals surface area contributed by atoms with Crippen LogP contribution in [0.2, 0.25) is 5.02 Å². The van der Waals surface area contributed by atoms with Crippen LogP contribution in [0.25, 0.3) is 0 Å². The summed E-state index contributed by atoms with van der Waals surface area (Å²) in [6.07, 6.45) is 3.26. The lowest BCUT2D eigenvalue weighted by Crippen LogP contribution is -2.18. The van der Waals surface area contributed by atoms with Crippen molar-refractivity contribution in [1.82, 2.24) is 4.98 Å². The highest BCUT2D eigenvalue weighted by Gasteiger charge is 2.11. The first-order valence-corrected chi connectivity index (χ1v) is 5.69. The number of hydrogen-bond donors (Lipinski definition) is 1. The van der Waals surface area contributed by atoms with Gasteiger partial charge in [-0.15, -0.1) is 0 Å². The zero-order valence-corrected chi connectivity index (χ0v) is 9.97. The third-order valence-electron chi connectivity index (χ3n) is 2.34. The first-order chi connectivity index (χ1) is 8.29. The number of nitrogens with two attached hydrogens (primary N) is 1. The zero-order valence-electron chi connectivity index (χ0n) is 9.21. The summed E-state index contributed by atoms with van der Waals surface area (Å²) in [4.78, 5) is 4.05. The van der Waals surface area contributed by atoms with Gasteiger partial charge in [0.25, 0.3) is 0 Å². The molecular weight excluding hydrogens is 236 g/mol. The number of halogens is 1. The highest BCUT2D eigenvalue weighted by atomic mass is 35.5. The molecule has 2 rings (SSSR count). The predicted octanol–water partition coefficient (Wildman–Crippen LogP) is 2.81. The molecule has 2 aromatic rings. The molecule has 1 heterocycles. The Morgan fingerprint density at radius 1 is 1.29 bits per heavy atom. The molecule has 0 radical (unpaired) electrons. The number of nitrogens with zero attached hydrogens (tertiary/aromatic N) is 1. The van der Waals surface area contributed by atoms with Gasteiger partial charge in [-0.1, -0.05) is 23.7 Å². The van der Waals surface area contributed by atoms with Crippen LogP contribution in [-0.4, -0.2) is 11.5 Å². The monoisotopic (exact) mass is 248 g/mol. The molecule has 0 spiro atoms. The molecule has 0 aliphatic carbocycles. The summed E-state index contributed by atoms with van der Waals surface area (Å²) < 4.78 is 5.78. The number of pyridine rings is 1. The van der Waals surface area contributed by atoms with Crippen LogP contribution in [-0.2, 0) is 0 Å². The van der Waals surface area contributed by atoms with Crippen LogP contribution in [0.5, 0.6) is 5.75 Å². The Kier molecular flexibility index (Phi) is 3.96. The number of rotatable bonds is 4. The van der Waals surface area contributed by atoms with Crippen LogP contribution in [0.4, 0.5) is 0 Å². The Hall–Kier alpha value is -1.58. The Morgan fingerprint density at radius 2 is 2.18 bits per heavy atom. The van der Waals surface area contributed by atoms with Crippen LogP contribution in [0.3, 0.4) is 0 Å². The van der Waals surface area contributed by atoms with Crippen molar-refractivity contribution in [3.63, 3.8) is 0 Å². The molecule has 0 amide bonds. The van der Waals surface area contributed by atoms with Crippen molar-refractivity contribution in [2.75, 3.05) is 6.54 Å². The lowest BCUT2D eigenvalue weighted by atomic mass is 10.1. The molecular formula is C13H13ClN2O. The second-order valence-corrected chi connectivity index (χ2v) is 4.02. The van der Waals surface area contributed by atoms with E-state index in [-0.39, 0.29) is 6.10 Å². The van der Waals surface area contributed by atoms with Gasteiger partial charge in [-0.05, 0) is 24.3 Å². The number of aromatic nitrogens is 1. The molecule has 88 valence electrons. The first-order valence-electron chi connectivity index (χ1n) is 5.32. The third kappa shape index (κ3) is 3.19. The lowest BCUT2D eigenvalue weighted by molar-refractivity contribution is 0.214. The van der Waals surface area contributed by atoms with Crippen LogP contribution in [0.1, 0.15) is 11.7 Å². The summed E-state index contributed by atoms with van der Waals surface area (Å²) in [5.41, 5.74) is 6.66. The maximum atomic E-state index is 5.89. The lowest BCUT2D eigenvalue weighted by Gasteiger charge is -2.17. The predicted molar refractivity (Wildman–Crippen MR) is 68.1 cm³/mol. The zero-order chi connectivity index (χ0) is 12.1. The van der Waals surface area contributed by atoms with Crippen molar-refractivity contribution in [2.24, 2.45) is 5.73 Å². The highest BCUT2D eigenvalue weighted by Crippen LogP contribution is 2.23. The summed E-state index contributed by atoms with van der Waals surface area (Å²) in [6, 6.07) is 11.1. The van der Waals surface area contributed by atoms with E-state index in [9.17, 15) is 0 Å². The molecule has 0 saturated heterocycles. The second kappa shape index (κ2) is 5.66. The standard InChI is InChI=1S/C13H13ClN2O/c14-11-4-1-5-12(7-11)17-13(8-15)10-3-2-6-16-9-10/h1-7,9,13H,8,15H2. The van der Waals surface area contributed by atoms with Crippen molar-refractivity contribution in [3.05, 3.63) is 59.4 Å². The fourth-order valence-electron chi connectivity index (χ4n) is 1.52. The summed E-state index contributed by atoms with van der Waals surface area (Å²) in [6.45, 7) is 0.387.